The maximum absolute atomic E-state index is 13.5. The van der Waals surface area contributed by atoms with E-state index in [0.717, 1.165) is 43.7 Å². The zero-order valence-electron chi connectivity index (χ0n) is 17.3. The molecule has 5 rings (SSSR count). The number of carbonyl (C=O) groups excluding carboxylic acids is 1. The Hall–Kier alpha value is -1.07. The second kappa shape index (κ2) is 6.46. The first-order valence-corrected chi connectivity index (χ1v) is 11.8. The van der Waals surface area contributed by atoms with E-state index >= 15 is 0 Å². The summed E-state index contributed by atoms with van der Waals surface area (Å²) >= 11 is 1.73. The van der Waals surface area contributed by atoms with Gasteiger partial charge in [-0.05, 0) is 79.9 Å². The van der Waals surface area contributed by atoms with Crippen LogP contribution in [0.4, 0.5) is 0 Å². The number of nitrogens with one attached hydrogen (secondary N) is 1. The summed E-state index contributed by atoms with van der Waals surface area (Å²) in [7, 11) is 2.04. The number of hydrogen-bond acceptors (Lipinski definition) is 3. The van der Waals surface area contributed by atoms with Crippen LogP contribution < -0.4 is 4.57 Å². The van der Waals surface area contributed by atoms with E-state index in [1.165, 1.54) is 12.0 Å². The van der Waals surface area contributed by atoms with Gasteiger partial charge in [0.05, 0.1) is 18.4 Å². The summed E-state index contributed by atoms with van der Waals surface area (Å²) in [5.74, 6) is 2.28. The third-order valence-electron chi connectivity index (χ3n) is 8.87. The lowest BCUT2D eigenvalue weighted by Crippen LogP contribution is -2.50. The van der Waals surface area contributed by atoms with Gasteiger partial charge in [-0.3, -0.25) is 4.79 Å². The van der Waals surface area contributed by atoms with Crippen molar-refractivity contribution in [2.75, 3.05) is 0 Å². The predicted molar refractivity (Wildman–Crippen MR) is 110 cm³/mol. The molecule has 0 spiro atoms. The lowest BCUT2D eigenvalue weighted by molar-refractivity contribution is -0.708. The molecule has 2 N–H and O–H groups in total. The van der Waals surface area contributed by atoms with Crippen molar-refractivity contribution in [1.29, 1.82) is 0 Å². The number of rotatable bonds is 2. The van der Waals surface area contributed by atoms with Crippen LogP contribution in [0.1, 0.15) is 58.8 Å². The zero-order chi connectivity index (χ0) is 19.7. The van der Waals surface area contributed by atoms with Crippen molar-refractivity contribution in [3.8, 4) is 0 Å². The van der Waals surface area contributed by atoms with Crippen molar-refractivity contribution >= 4 is 17.5 Å². The van der Waals surface area contributed by atoms with Gasteiger partial charge in [0.25, 0.3) is 0 Å². The number of aromatic nitrogens is 2. The molecule has 0 aromatic carbocycles. The minimum absolute atomic E-state index is 0.0740. The molecule has 0 amide bonds. The summed E-state index contributed by atoms with van der Waals surface area (Å²) in [4.78, 5) is 16.8. The van der Waals surface area contributed by atoms with Crippen LogP contribution in [0.15, 0.2) is 29.2 Å². The van der Waals surface area contributed by atoms with Crippen LogP contribution in [0.2, 0.25) is 0 Å². The topological polar surface area (TPSA) is 57.0 Å². The molecule has 0 aliphatic heterocycles. The molecule has 0 bridgehead atoms. The Morgan fingerprint density at radius 1 is 1.21 bits per heavy atom. The number of ketones is 1. The van der Waals surface area contributed by atoms with E-state index < -0.39 is 0 Å². The molecule has 5 heteroatoms. The molecule has 4 unspecified atom stereocenters. The van der Waals surface area contributed by atoms with Crippen LogP contribution in [0.25, 0.3) is 0 Å². The Morgan fingerprint density at radius 3 is 2.75 bits per heavy atom. The first-order valence-electron chi connectivity index (χ1n) is 10.9. The molecular weight excluding hydrogens is 368 g/mol. The molecule has 4 aliphatic carbocycles. The number of aryl methyl sites for hydroxylation is 1. The van der Waals surface area contributed by atoms with E-state index in [0.29, 0.717) is 23.5 Å². The van der Waals surface area contributed by atoms with Gasteiger partial charge in [-0.15, -0.1) is 0 Å². The van der Waals surface area contributed by atoms with Crippen LogP contribution >= 0.6 is 11.8 Å². The molecule has 1 aromatic rings. The summed E-state index contributed by atoms with van der Waals surface area (Å²) in [5.41, 5.74) is 1.59. The maximum atomic E-state index is 13.5. The minimum atomic E-state index is -0.153. The summed E-state index contributed by atoms with van der Waals surface area (Å²) in [6, 6.07) is 0. The van der Waals surface area contributed by atoms with Crippen molar-refractivity contribution in [2.45, 2.75) is 75.3 Å². The van der Waals surface area contributed by atoms with Gasteiger partial charge in [0, 0.05) is 5.41 Å². The van der Waals surface area contributed by atoms with Gasteiger partial charge < -0.3 is 5.11 Å². The Kier molecular flexibility index (Phi) is 4.37. The van der Waals surface area contributed by atoms with Gasteiger partial charge >= 0.3 is 5.16 Å². The molecule has 0 radical (unpaired) electrons. The van der Waals surface area contributed by atoms with Crippen molar-refractivity contribution in [3.63, 3.8) is 0 Å². The summed E-state index contributed by atoms with van der Waals surface area (Å²) in [5, 5.41) is 11.3. The number of nitrogens with zero attached hydrogens (tertiary/aromatic N) is 1. The summed E-state index contributed by atoms with van der Waals surface area (Å²) < 4.78 is 2.08. The van der Waals surface area contributed by atoms with Crippen molar-refractivity contribution in [2.24, 2.45) is 35.6 Å². The number of carbonyl (C=O) groups is 1. The van der Waals surface area contributed by atoms with E-state index in [2.05, 4.69) is 29.5 Å². The van der Waals surface area contributed by atoms with E-state index in [9.17, 15) is 9.90 Å². The van der Waals surface area contributed by atoms with E-state index in [1.54, 1.807) is 11.8 Å². The van der Waals surface area contributed by atoms with Crippen molar-refractivity contribution in [3.05, 3.63) is 24.0 Å². The fourth-order valence-electron chi connectivity index (χ4n) is 7.15. The van der Waals surface area contributed by atoms with E-state index in [-0.39, 0.29) is 22.2 Å². The molecule has 0 saturated heterocycles. The van der Waals surface area contributed by atoms with Crippen molar-refractivity contribution < 1.29 is 14.5 Å². The maximum Gasteiger partial charge on any atom is 0.316 e. The fourth-order valence-corrected chi connectivity index (χ4v) is 8.46. The Balaban J connectivity index is 1.43. The number of H-pyrrole nitrogens is 1. The zero-order valence-corrected chi connectivity index (χ0v) is 18.1. The number of aliphatic hydroxyl groups excluding tert-OH is 1. The number of Topliss-reactive ketones (excluding diaryl/α,β-unsaturated/α-hetero) is 1. The quantitative estimate of drug-likeness (QED) is 0.585. The average molecular weight is 402 g/mol. The Bertz CT molecular complexity index is 832. The largest absolute Gasteiger partial charge is 0.393 e. The lowest BCUT2D eigenvalue weighted by atomic mass is 9.48. The molecule has 4 aliphatic rings. The third kappa shape index (κ3) is 2.61. The molecule has 28 heavy (non-hydrogen) atoms. The fraction of sp³-hybridized carbons (Fsp3) is 0.739. The molecule has 152 valence electrons. The summed E-state index contributed by atoms with van der Waals surface area (Å²) in [6.07, 6.45) is 13.5. The van der Waals surface area contributed by atoms with E-state index in [1.807, 2.05) is 19.4 Å². The van der Waals surface area contributed by atoms with E-state index in [4.69, 9.17) is 0 Å². The average Bonchev–Trinajstić information content (AvgIpc) is 3.18. The van der Waals surface area contributed by atoms with Gasteiger partial charge in [0.2, 0.25) is 0 Å². The lowest BCUT2D eigenvalue weighted by Gasteiger charge is -2.56. The first kappa shape index (κ1) is 18.9. The smallest absolute Gasteiger partial charge is 0.316 e. The second-order valence-corrected chi connectivity index (χ2v) is 11.4. The SMILES string of the molecule is C[n+]1cc[nH]c1S[C@@H]1CC2C3CC=C4CC(O)CC[C@@]4(C)C3CC[C@@]2(C)C1=O. The number of aliphatic hydroxyl groups is 1. The molecule has 1 heterocycles. The summed E-state index contributed by atoms with van der Waals surface area (Å²) in [6.45, 7) is 4.71. The number of fused-ring (bicyclic) bond motifs is 5. The van der Waals surface area contributed by atoms with Crippen LogP contribution in [-0.2, 0) is 11.8 Å². The van der Waals surface area contributed by atoms with Gasteiger partial charge in [0.1, 0.15) is 12.4 Å². The van der Waals surface area contributed by atoms with Crippen LogP contribution in [-0.4, -0.2) is 27.2 Å². The van der Waals surface area contributed by atoms with Crippen LogP contribution in [0.5, 0.6) is 0 Å². The third-order valence-corrected chi connectivity index (χ3v) is 10.2. The van der Waals surface area contributed by atoms with Gasteiger partial charge in [-0.1, -0.05) is 25.5 Å². The Labute approximate surface area is 172 Å². The van der Waals surface area contributed by atoms with Gasteiger partial charge in [-0.2, -0.15) is 0 Å². The number of aromatic amines is 1. The standard InChI is InChI=1S/C23H32N2O2S/c1-22-8-6-15(26)12-14(22)4-5-16-17(22)7-9-23(2)18(16)13-19(20(23)27)28-21-24-10-11-25(21)3/h4,10-11,15-19,26H,5-9,12-13H2,1-3H3/p+1/t15?,16?,17?,18?,19-,22-,23-/m1/s1. The highest BCUT2D eigenvalue weighted by Crippen LogP contribution is 2.64. The molecule has 3 fully saturated rings. The van der Waals surface area contributed by atoms with Crippen LogP contribution in [0, 0.1) is 28.6 Å². The molecule has 1 aromatic heterocycles. The number of hydrogen-bond donors (Lipinski definition) is 2. The highest BCUT2D eigenvalue weighted by molar-refractivity contribution is 8.00. The highest BCUT2D eigenvalue weighted by Gasteiger charge is 2.61. The monoisotopic (exact) mass is 401 g/mol. The van der Waals surface area contributed by atoms with Gasteiger partial charge in [-0.25, -0.2) is 9.55 Å². The Morgan fingerprint density at radius 2 is 2.00 bits per heavy atom. The van der Waals surface area contributed by atoms with Gasteiger partial charge in [0.15, 0.2) is 5.78 Å². The predicted octanol–water partition coefficient (Wildman–Crippen LogP) is 3.80. The molecular formula is C23H33N2O2S+. The number of allylic oxidation sites excluding steroid dienone is 1. The molecule has 3 saturated carbocycles. The minimum Gasteiger partial charge on any atom is -0.393 e. The molecule has 7 atom stereocenters. The molecule has 4 nitrogen and oxygen atoms in total. The highest BCUT2D eigenvalue weighted by atomic mass is 32.2. The number of thioether (sulfide) groups is 1. The van der Waals surface area contributed by atoms with Crippen LogP contribution in [0.3, 0.4) is 0 Å². The number of imidazole rings is 1. The first-order chi connectivity index (χ1) is 13.3. The second-order valence-electron chi connectivity index (χ2n) is 10.2. The van der Waals surface area contributed by atoms with Crippen molar-refractivity contribution in [1.82, 2.24) is 4.98 Å². The normalized spacial score (nSPS) is 45.2.